The Kier molecular flexibility index (Phi) is 5.12. The summed E-state index contributed by atoms with van der Waals surface area (Å²) in [4.78, 5) is 0. The molecule has 0 saturated carbocycles. The Morgan fingerprint density at radius 1 is 1.04 bits per heavy atom. The van der Waals surface area contributed by atoms with Gasteiger partial charge < -0.3 is 9.15 Å². The zero-order valence-corrected chi connectivity index (χ0v) is 16.6. The van der Waals surface area contributed by atoms with E-state index in [1.165, 1.54) is 22.9 Å². The van der Waals surface area contributed by atoms with Crippen molar-refractivity contribution in [1.29, 1.82) is 0 Å². The summed E-state index contributed by atoms with van der Waals surface area (Å²) in [6.07, 6.45) is 1.72. The van der Waals surface area contributed by atoms with Crippen LogP contribution in [-0.4, -0.2) is 32.1 Å². The van der Waals surface area contributed by atoms with Gasteiger partial charge in [0.2, 0.25) is 11.8 Å². The third kappa shape index (κ3) is 3.77. The van der Waals surface area contributed by atoms with Crippen LogP contribution >= 0.6 is 11.8 Å². The molecule has 2 aromatic heterocycles. The molecule has 0 unspecified atom stereocenters. The smallest absolute Gasteiger partial charge is 0.247 e. The molecule has 28 heavy (non-hydrogen) atoms. The third-order valence-corrected chi connectivity index (χ3v) is 5.18. The van der Waals surface area contributed by atoms with Gasteiger partial charge in [-0.25, -0.2) is 0 Å². The van der Waals surface area contributed by atoms with Crippen LogP contribution in [0.5, 0.6) is 5.75 Å². The van der Waals surface area contributed by atoms with Crippen molar-refractivity contribution in [2.75, 3.05) is 7.11 Å². The average molecular weight is 393 g/mol. The Morgan fingerprint density at radius 3 is 2.61 bits per heavy atom. The number of aryl methyl sites for hydroxylation is 2. The lowest BCUT2D eigenvalue weighted by molar-refractivity contribution is 0.415. The highest BCUT2D eigenvalue weighted by Crippen LogP contribution is 2.27. The fraction of sp³-hybridized carbons (Fsp3) is 0.200. The van der Waals surface area contributed by atoms with Gasteiger partial charge in [-0.2, -0.15) is 0 Å². The topological polar surface area (TPSA) is 78.9 Å². The van der Waals surface area contributed by atoms with Crippen LogP contribution in [0.2, 0.25) is 0 Å². The molecule has 0 N–H and O–H groups in total. The van der Waals surface area contributed by atoms with E-state index in [1.807, 2.05) is 28.8 Å². The minimum atomic E-state index is 0.481. The predicted molar refractivity (Wildman–Crippen MR) is 107 cm³/mol. The molecule has 0 aliphatic rings. The second-order valence-electron chi connectivity index (χ2n) is 6.29. The Bertz CT molecular complexity index is 1090. The largest absolute Gasteiger partial charge is 0.497 e. The third-order valence-electron chi connectivity index (χ3n) is 4.26. The summed E-state index contributed by atoms with van der Waals surface area (Å²) in [6.45, 7) is 4.16. The van der Waals surface area contributed by atoms with E-state index in [9.17, 15) is 0 Å². The van der Waals surface area contributed by atoms with Crippen molar-refractivity contribution in [2.24, 2.45) is 0 Å². The number of hydrogen-bond acceptors (Lipinski definition) is 7. The van der Waals surface area contributed by atoms with Gasteiger partial charge in [-0.15, -0.1) is 20.4 Å². The Hall–Kier alpha value is -3.13. The molecular weight excluding hydrogens is 374 g/mol. The van der Waals surface area contributed by atoms with Crippen molar-refractivity contribution in [3.63, 3.8) is 0 Å². The maximum Gasteiger partial charge on any atom is 0.247 e. The van der Waals surface area contributed by atoms with Gasteiger partial charge >= 0.3 is 0 Å². The summed E-state index contributed by atoms with van der Waals surface area (Å²) in [5, 5.41) is 17.3. The van der Waals surface area contributed by atoms with Gasteiger partial charge in [0.15, 0.2) is 5.16 Å². The van der Waals surface area contributed by atoms with E-state index in [-0.39, 0.29) is 0 Å². The second kappa shape index (κ2) is 7.85. The van der Waals surface area contributed by atoms with Crippen LogP contribution < -0.4 is 4.74 Å². The minimum Gasteiger partial charge on any atom is -0.497 e. The average Bonchev–Trinajstić information content (AvgIpc) is 3.36. The quantitative estimate of drug-likeness (QED) is 0.453. The first-order chi connectivity index (χ1) is 13.6. The molecule has 2 aromatic carbocycles. The summed E-state index contributed by atoms with van der Waals surface area (Å²) in [7, 11) is 1.63. The summed E-state index contributed by atoms with van der Waals surface area (Å²) < 4.78 is 12.9. The lowest BCUT2D eigenvalue weighted by Gasteiger charge is -2.09. The lowest BCUT2D eigenvalue weighted by Crippen LogP contribution is -1.98. The van der Waals surface area contributed by atoms with Gasteiger partial charge in [-0.3, -0.25) is 4.57 Å². The predicted octanol–water partition coefficient (Wildman–Crippen LogP) is 4.24. The molecule has 4 aromatic rings. The van der Waals surface area contributed by atoms with Crippen LogP contribution in [-0.2, 0) is 5.75 Å². The molecular formula is C20H19N5O2S. The van der Waals surface area contributed by atoms with E-state index in [0.717, 1.165) is 22.2 Å². The first-order valence-corrected chi connectivity index (χ1v) is 9.70. The molecule has 0 fully saturated rings. The summed E-state index contributed by atoms with van der Waals surface area (Å²) in [6, 6.07) is 13.8. The van der Waals surface area contributed by atoms with Crippen LogP contribution in [0.3, 0.4) is 0 Å². The highest BCUT2D eigenvalue weighted by molar-refractivity contribution is 7.98. The van der Waals surface area contributed by atoms with Crippen molar-refractivity contribution >= 4 is 11.8 Å². The van der Waals surface area contributed by atoms with Gasteiger partial charge in [0.05, 0.1) is 18.6 Å². The molecule has 0 saturated heterocycles. The van der Waals surface area contributed by atoms with Crippen molar-refractivity contribution < 1.29 is 9.15 Å². The van der Waals surface area contributed by atoms with E-state index >= 15 is 0 Å². The molecule has 7 nitrogen and oxygen atoms in total. The number of rotatable bonds is 6. The Balaban J connectivity index is 1.49. The van der Waals surface area contributed by atoms with Crippen molar-refractivity contribution in [1.82, 2.24) is 25.0 Å². The SMILES string of the molecule is COc1ccc(-c2nnc(CSc3nncn3-c3ccc(C)cc3C)o2)cc1. The maximum atomic E-state index is 5.79. The molecule has 0 spiro atoms. The van der Waals surface area contributed by atoms with Crippen molar-refractivity contribution in [3.8, 4) is 22.9 Å². The molecule has 0 aliphatic heterocycles. The highest BCUT2D eigenvalue weighted by Gasteiger charge is 2.13. The van der Waals surface area contributed by atoms with Crippen molar-refractivity contribution in [3.05, 3.63) is 65.8 Å². The van der Waals surface area contributed by atoms with E-state index in [2.05, 4.69) is 52.4 Å². The molecule has 2 heterocycles. The molecule has 4 rings (SSSR count). The molecule has 0 atom stereocenters. The maximum absolute atomic E-state index is 5.79. The van der Waals surface area contributed by atoms with Gasteiger partial charge in [-0.1, -0.05) is 29.5 Å². The number of nitrogens with zero attached hydrogens (tertiary/aromatic N) is 5. The van der Waals surface area contributed by atoms with Crippen molar-refractivity contribution in [2.45, 2.75) is 24.8 Å². The van der Waals surface area contributed by atoms with Gasteiger partial charge in [0, 0.05) is 5.56 Å². The summed E-state index contributed by atoms with van der Waals surface area (Å²) in [5.74, 6) is 2.30. The summed E-state index contributed by atoms with van der Waals surface area (Å²) in [5.41, 5.74) is 4.30. The van der Waals surface area contributed by atoms with Crippen LogP contribution in [0.4, 0.5) is 0 Å². The Morgan fingerprint density at radius 2 is 1.86 bits per heavy atom. The van der Waals surface area contributed by atoms with Gasteiger partial charge in [-0.05, 0) is 49.7 Å². The molecule has 0 radical (unpaired) electrons. The highest BCUT2D eigenvalue weighted by atomic mass is 32.2. The zero-order chi connectivity index (χ0) is 19.5. The number of thioether (sulfide) groups is 1. The Labute approximate surface area is 166 Å². The number of ether oxygens (including phenoxy) is 1. The fourth-order valence-corrected chi connectivity index (χ4v) is 3.61. The van der Waals surface area contributed by atoms with E-state index in [1.54, 1.807) is 13.4 Å². The van der Waals surface area contributed by atoms with Crippen LogP contribution in [0, 0.1) is 13.8 Å². The normalized spacial score (nSPS) is 11.0. The first kappa shape index (κ1) is 18.2. The monoisotopic (exact) mass is 393 g/mol. The summed E-state index contributed by atoms with van der Waals surface area (Å²) >= 11 is 1.50. The van der Waals surface area contributed by atoms with E-state index in [4.69, 9.17) is 9.15 Å². The molecule has 0 bridgehead atoms. The number of hydrogen-bond donors (Lipinski definition) is 0. The number of aromatic nitrogens is 5. The lowest BCUT2D eigenvalue weighted by atomic mass is 10.1. The fourth-order valence-electron chi connectivity index (χ4n) is 2.85. The number of methoxy groups -OCH3 is 1. The van der Waals surface area contributed by atoms with E-state index in [0.29, 0.717) is 17.5 Å². The van der Waals surface area contributed by atoms with Crippen LogP contribution in [0.15, 0.2) is 58.4 Å². The van der Waals surface area contributed by atoms with Crippen LogP contribution in [0.1, 0.15) is 17.0 Å². The van der Waals surface area contributed by atoms with Gasteiger partial charge in [0.1, 0.15) is 12.1 Å². The molecule has 0 aliphatic carbocycles. The number of benzene rings is 2. The molecule has 142 valence electrons. The first-order valence-electron chi connectivity index (χ1n) is 8.71. The van der Waals surface area contributed by atoms with Gasteiger partial charge in [0.25, 0.3) is 0 Å². The minimum absolute atomic E-state index is 0.481. The molecule has 8 heteroatoms. The standard InChI is InChI=1S/C20H19N5O2S/c1-13-4-9-17(14(2)10-13)25-12-21-24-20(25)28-11-18-22-23-19(27-18)15-5-7-16(26-3)8-6-15/h4-10,12H,11H2,1-3H3. The molecule has 0 amide bonds. The van der Waals surface area contributed by atoms with Crippen LogP contribution in [0.25, 0.3) is 17.1 Å². The second-order valence-corrected chi connectivity index (χ2v) is 7.23. The van der Waals surface area contributed by atoms with E-state index < -0.39 is 0 Å². The zero-order valence-electron chi connectivity index (χ0n) is 15.8.